The van der Waals surface area contributed by atoms with Gasteiger partial charge in [-0.3, -0.25) is 4.79 Å². The van der Waals surface area contributed by atoms with Crippen LogP contribution in [0.1, 0.15) is 52.4 Å². The van der Waals surface area contributed by atoms with E-state index < -0.39 is 6.10 Å². The van der Waals surface area contributed by atoms with Crippen LogP contribution in [0.4, 0.5) is 0 Å². The molecule has 0 bridgehead atoms. The van der Waals surface area contributed by atoms with Crippen molar-refractivity contribution in [3.8, 4) is 0 Å². The van der Waals surface area contributed by atoms with Gasteiger partial charge in [-0.05, 0) is 54.9 Å². The van der Waals surface area contributed by atoms with Gasteiger partial charge in [0.05, 0.1) is 12.5 Å². The number of aliphatic hydroxyl groups excluding tert-OH is 1. The van der Waals surface area contributed by atoms with Gasteiger partial charge < -0.3 is 15.3 Å². The molecule has 0 spiro atoms. The predicted molar refractivity (Wildman–Crippen MR) is 89.7 cm³/mol. The monoisotopic (exact) mass is 322 g/mol. The first-order chi connectivity index (χ1) is 10.5. The molecule has 0 amide bonds. The van der Waals surface area contributed by atoms with E-state index in [9.17, 15) is 9.90 Å². The normalized spacial score (nSPS) is 39.8. The van der Waals surface area contributed by atoms with Gasteiger partial charge in [-0.1, -0.05) is 32.1 Å². The Labute approximate surface area is 138 Å². The minimum atomic E-state index is -0.513. The summed E-state index contributed by atoms with van der Waals surface area (Å²) >= 11 is 0. The molecule has 4 nitrogen and oxygen atoms in total. The molecule has 1 saturated heterocycles. The van der Waals surface area contributed by atoms with Gasteiger partial charge in [0, 0.05) is 6.42 Å². The third kappa shape index (κ3) is 4.24. The van der Waals surface area contributed by atoms with Crippen LogP contribution in [0.15, 0.2) is 23.8 Å². The van der Waals surface area contributed by atoms with Crippen molar-refractivity contribution in [2.75, 3.05) is 0 Å². The number of allylic oxidation sites excluding steroid dienone is 4. The highest BCUT2D eigenvalue weighted by Gasteiger charge is 2.34. The van der Waals surface area contributed by atoms with Crippen molar-refractivity contribution in [2.24, 2.45) is 23.7 Å². The van der Waals surface area contributed by atoms with Crippen LogP contribution in [0.2, 0.25) is 0 Å². The molecule has 0 radical (unpaired) electrons. The summed E-state index contributed by atoms with van der Waals surface area (Å²) < 4.78 is 5.40. The van der Waals surface area contributed by atoms with Crippen LogP contribution in [-0.2, 0) is 9.53 Å². The lowest BCUT2D eigenvalue weighted by Crippen LogP contribution is -2.34. The van der Waals surface area contributed by atoms with Crippen molar-refractivity contribution in [1.29, 1.82) is 0 Å². The minimum Gasteiger partial charge on any atom is -0.462 e. The zero-order chi connectivity index (χ0) is 15.7. The maximum absolute atomic E-state index is 11.5. The summed E-state index contributed by atoms with van der Waals surface area (Å²) in [5.74, 6) is 2.34. The second-order valence-electron chi connectivity index (χ2n) is 7.49. The van der Waals surface area contributed by atoms with Crippen LogP contribution >= 0.6 is 0 Å². The Morgan fingerprint density at radius 3 is 2.78 bits per heavy atom. The number of aliphatic hydroxyl groups is 1. The van der Waals surface area contributed by atoms with E-state index in [4.69, 9.17) is 4.74 Å². The minimum absolute atomic E-state index is 0. The fourth-order valence-electron chi connectivity index (χ4n) is 4.44. The van der Waals surface area contributed by atoms with Crippen molar-refractivity contribution in [3.05, 3.63) is 23.8 Å². The van der Waals surface area contributed by atoms with Gasteiger partial charge in [0.1, 0.15) is 6.10 Å². The van der Waals surface area contributed by atoms with Crippen LogP contribution in [0.5, 0.6) is 0 Å². The summed E-state index contributed by atoms with van der Waals surface area (Å²) in [7, 11) is 0. The maximum atomic E-state index is 11.5. The van der Waals surface area contributed by atoms with E-state index in [1.807, 2.05) is 0 Å². The summed E-state index contributed by atoms with van der Waals surface area (Å²) in [5.41, 5.74) is 1.52. The average molecular weight is 322 g/mol. The molecule has 0 aromatic heterocycles. The van der Waals surface area contributed by atoms with E-state index in [1.165, 1.54) is 18.4 Å². The van der Waals surface area contributed by atoms with Crippen molar-refractivity contribution in [3.63, 3.8) is 0 Å². The Kier molecular flexibility index (Phi) is 6.04. The van der Waals surface area contributed by atoms with Crippen LogP contribution in [-0.4, -0.2) is 28.8 Å². The molecular formula is C19H30O4. The molecule has 4 heteroatoms. The number of rotatable bonds is 3. The lowest BCUT2D eigenvalue weighted by molar-refractivity contribution is -0.160. The van der Waals surface area contributed by atoms with Gasteiger partial charge in [0.15, 0.2) is 0 Å². The summed E-state index contributed by atoms with van der Waals surface area (Å²) in [6, 6.07) is 0. The highest BCUT2D eigenvalue weighted by Crippen LogP contribution is 2.43. The fourth-order valence-corrected chi connectivity index (χ4v) is 4.44. The smallest absolute Gasteiger partial charge is 0.308 e. The highest BCUT2D eigenvalue weighted by atomic mass is 16.5. The predicted octanol–water partition coefficient (Wildman–Crippen LogP) is 2.80. The molecule has 3 aliphatic rings. The van der Waals surface area contributed by atoms with E-state index in [2.05, 4.69) is 32.1 Å². The molecule has 0 aromatic rings. The van der Waals surface area contributed by atoms with Gasteiger partial charge >= 0.3 is 5.97 Å². The molecule has 3 rings (SSSR count). The van der Waals surface area contributed by atoms with Crippen LogP contribution in [0.25, 0.3) is 0 Å². The molecule has 1 heterocycles. The number of esters is 1. The fraction of sp³-hybridized carbons (Fsp3) is 0.737. The summed E-state index contributed by atoms with van der Waals surface area (Å²) in [6.45, 7) is 4.60. The highest BCUT2D eigenvalue weighted by molar-refractivity contribution is 5.70. The Balaban J connectivity index is 0.00000192. The first kappa shape index (κ1) is 18.2. The first-order valence-corrected chi connectivity index (χ1v) is 8.80. The van der Waals surface area contributed by atoms with Gasteiger partial charge in [0.2, 0.25) is 0 Å². The van der Waals surface area contributed by atoms with Crippen LogP contribution in [0.3, 0.4) is 0 Å². The number of cyclic esters (lactones) is 1. The number of hydrogen-bond acceptors (Lipinski definition) is 3. The molecule has 3 N–H and O–H groups in total. The molecule has 23 heavy (non-hydrogen) atoms. The van der Waals surface area contributed by atoms with E-state index >= 15 is 0 Å². The van der Waals surface area contributed by atoms with Crippen molar-refractivity contribution in [1.82, 2.24) is 0 Å². The second-order valence-corrected chi connectivity index (χ2v) is 7.49. The number of hydrogen-bond donors (Lipinski definition) is 1. The van der Waals surface area contributed by atoms with Crippen LogP contribution in [0, 0.1) is 23.7 Å². The standard InChI is InChI=1S/C19H28O3.H2O/c1-12-3-7-18-14(9-12)5-4-13(2)17(18)8-6-16-10-15(20)11-19(21)22-16;/h4-5,9,12-13,15-18,20H,3,6-8,10-11H2,1-2H3;1H2/t12-,13?,15?,16-,17+,18?;/m1./s1. The Bertz CT molecular complexity index is 482. The van der Waals surface area contributed by atoms with Gasteiger partial charge in [0.25, 0.3) is 0 Å². The van der Waals surface area contributed by atoms with Crippen molar-refractivity contribution >= 4 is 5.97 Å². The van der Waals surface area contributed by atoms with Gasteiger partial charge in [-0.25, -0.2) is 0 Å². The van der Waals surface area contributed by atoms with Crippen LogP contribution < -0.4 is 0 Å². The molecule has 1 fully saturated rings. The number of carbonyl (C=O) groups is 1. The number of carbonyl (C=O) groups excluding carboxylic acids is 1. The van der Waals surface area contributed by atoms with E-state index in [0.29, 0.717) is 30.1 Å². The first-order valence-electron chi connectivity index (χ1n) is 8.80. The molecule has 130 valence electrons. The lowest BCUT2D eigenvalue weighted by Gasteiger charge is -2.39. The maximum Gasteiger partial charge on any atom is 0.308 e. The Morgan fingerprint density at radius 2 is 2.04 bits per heavy atom. The zero-order valence-electron chi connectivity index (χ0n) is 14.2. The molecule has 1 aliphatic heterocycles. The van der Waals surface area contributed by atoms with Gasteiger partial charge in [-0.15, -0.1) is 0 Å². The Morgan fingerprint density at radius 1 is 1.26 bits per heavy atom. The third-order valence-electron chi connectivity index (χ3n) is 5.68. The largest absolute Gasteiger partial charge is 0.462 e. The van der Waals surface area contributed by atoms with Crippen molar-refractivity contribution in [2.45, 2.75) is 64.6 Å². The topological polar surface area (TPSA) is 78.0 Å². The SMILES string of the molecule is CC1C=CC2=C[C@H](C)CCC2[C@H]1CC[C@@H]1CC(O)CC(=O)O1.O. The average Bonchev–Trinajstić information content (AvgIpc) is 2.45. The van der Waals surface area contributed by atoms with Gasteiger partial charge in [-0.2, -0.15) is 0 Å². The molecular weight excluding hydrogens is 292 g/mol. The molecule has 6 atom stereocenters. The van der Waals surface area contributed by atoms with E-state index in [0.717, 1.165) is 12.8 Å². The third-order valence-corrected chi connectivity index (χ3v) is 5.68. The number of ether oxygens (including phenoxy) is 1. The molecule has 0 saturated carbocycles. The van der Waals surface area contributed by atoms with E-state index in [1.54, 1.807) is 0 Å². The number of fused-ring (bicyclic) bond motifs is 1. The lowest BCUT2D eigenvalue weighted by atomic mass is 9.66. The molecule has 3 unspecified atom stereocenters. The van der Waals surface area contributed by atoms with Crippen molar-refractivity contribution < 1.29 is 20.1 Å². The Hall–Kier alpha value is -1.13. The van der Waals surface area contributed by atoms with E-state index in [-0.39, 0.29) is 24.0 Å². The second kappa shape index (κ2) is 7.63. The molecule has 0 aromatic carbocycles. The molecule has 2 aliphatic carbocycles. The summed E-state index contributed by atoms with van der Waals surface area (Å²) in [6.07, 6.45) is 11.8. The zero-order valence-corrected chi connectivity index (χ0v) is 14.2. The summed E-state index contributed by atoms with van der Waals surface area (Å²) in [5, 5.41) is 9.73. The quantitative estimate of drug-likeness (QED) is 0.812. The summed E-state index contributed by atoms with van der Waals surface area (Å²) in [4.78, 5) is 11.5.